The number of hydrogen-bond donors (Lipinski definition) is 0. The van der Waals surface area contributed by atoms with Gasteiger partial charge in [0.2, 0.25) is 0 Å². The molecular formula is C17H22O7S. The number of rotatable bonds is 4. The molecule has 2 heterocycles. The van der Waals surface area contributed by atoms with Gasteiger partial charge in [0.15, 0.2) is 21.7 Å². The Hall–Kier alpha value is -1.48. The predicted molar refractivity (Wildman–Crippen MR) is 87.7 cm³/mol. The number of fused-ring (bicyclic) bond motifs is 1. The first-order valence-corrected chi connectivity index (χ1v) is 9.66. The summed E-state index contributed by atoms with van der Waals surface area (Å²) in [4.78, 5) is 12.2. The molecule has 0 N–H and O–H groups in total. The van der Waals surface area contributed by atoms with Gasteiger partial charge in [-0.2, -0.15) is 0 Å². The predicted octanol–water partition coefficient (Wildman–Crippen LogP) is 1.23. The van der Waals surface area contributed by atoms with E-state index in [2.05, 4.69) is 0 Å². The van der Waals surface area contributed by atoms with E-state index in [1.54, 1.807) is 38.1 Å². The highest BCUT2D eigenvalue weighted by molar-refractivity contribution is 7.91. The molecule has 3 rings (SSSR count). The van der Waals surface area contributed by atoms with E-state index in [9.17, 15) is 13.2 Å². The molecule has 2 aliphatic heterocycles. The van der Waals surface area contributed by atoms with Crippen LogP contribution < -0.4 is 0 Å². The number of benzene rings is 1. The van der Waals surface area contributed by atoms with E-state index in [-0.39, 0.29) is 10.6 Å². The maximum absolute atomic E-state index is 12.7. The molecule has 2 saturated heterocycles. The monoisotopic (exact) mass is 370 g/mol. The summed E-state index contributed by atoms with van der Waals surface area (Å²) in [6, 6.07) is 6.59. The molecule has 1 aromatic carbocycles. The number of carbonyl (C=O) groups excluding carboxylic acids is 1. The van der Waals surface area contributed by atoms with Crippen LogP contribution in [0.4, 0.5) is 0 Å². The zero-order valence-corrected chi connectivity index (χ0v) is 15.4. The average molecular weight is 370 g/mol. The van der Waals surface area contributed by atoms with Crippen molar-refractivity contribution in [1.82, 2.24) is 0 Å². The van der Waals surface area contributed by atoms with Gasteiger partial charge in [0, 0.05) is 0 Å². The van der Waals surface area contributed by atoms with Gasteiger partial charge < -0.3 is 18.9 Å². The minimum atomic E-state index is -3.60. The Kier molecular flexibility index (Phi) is 4.65. The van der Waals surface area contributed by atoms with Crippen LogP contribution in [0, 0.1) is 6.92 Å². The van der Waals surface area contributed by atoms with E-state index in [0.717, 1.165) is 5.56 Å². The van der Waals surface area contributed by atoms with Gasteiger partial charge in [-0.25, -0.2) is 13.2 Å². The number of esters is 1. The van der Waals surface area contributed by atoms with E-state index >= 15 is 0 Å². The molecule has 1 aromatic rings. The number of sulfone groups is 1. The fraction of sp³-hybridized carbons (Fsp3) is 0.588. The SMILES string of the molecule is COC(=O)[C@@H]1O[C@H](CS(=O)(=O)c2ccc(C)cc2)[C@H]2OC(C)(C)O[C@H]21. The molecule has 0 aliphatic carbocycles. The van der Waals surface area contributed by atoms with Crippen LogP contribution in [0.3, 0.4) is 0 Å². The number of methoxy groups -OCH3 is 1. The van der Waals surface area contributed by atoms with Gasteiger partial charge in [-0.3, -0.25) is 0 Å². The van der Waals surface area contributed by atoms with Gasteiger partial charge in [0.1, 0.15) is 18.3 Å². The fourth-order valence-corrected chi connectivity index (χ4v) is 4.62. The molecule has 7 nitrogen and oxygen atoms in total. The third-order valence-electron chi connectivity index (χ3n) is 4.35. The molecule has 0 bridgehead atoms. The number of carbonyl (C=O) groups is 1. The first kappa shape index (κ1) is 18.3. The Morgan fingerprint density at radius 2 is 1.76 bits per heavy atom. The average Bonchev–Trinajstić information content (AvgIpc) is 3.01. The summed E-state index contributed by atoms with van der Waals surface area (Å²) in [6.07, 6.45) is -3.17. The van der Waals surface area contributed by atoms with Crippen LogP contribution in [0.5, 0.6) is 0 Å². The van der Waals surface area contributed by atoms with Crippen molar-refractivity contribution in [3.8, 4) is 0 Å². The van der Waals surface area contributed by atoms with Crippen molar-refractivity contribution in [2.24, 2.45) is 0 Å². The summed E-state index contributed by atoms with van der Waals surface area (Å²) in [5.41, 5.74) is 0.969. The standard InChI is InChI=1S/C17H22O7S/c1-10-5-7-11(8-6-10)25(19,20)9-12-13-14(24-17(2,3)23-13)15(22-12)16(18)21-4/h5-8,12-15H,9H2,1-4H3/t12-,13-,14-,15-/m1/s1. The summed E-state index contributed by atoms with van der Waals surface area (Å²) in [6.45, 7) is 5.31. The second kappa shape index (κ2) is 6.35. The minimum Gasteiger partial charge on any atom is -0.467 e. The van der Waals surface area contributed by atoms with E-state index in [4.69, 9.17) is 18.9 Å². The van der Waals surface area contributed by atoms with Gasteiger partial charge in [-0.05, 0) is 32.9 Å². The number of aryl methyl sites for hydroxylation is 1. The van der Waals surface area contributed by atoms with Crippen molar-refractivity contribution in [2.75, 3.05) is 12.9 Å². The minimum absolute atomic E-state index is 0.206. The quantitative estimate of drug-likeness (QED) is 0.737. The van der Waals surface area contributed by atoms with Crippen molar-refractivity contribution < 1.29 is 32.2 Å². The summed E-state index contributed by atoms with van der Waals surface area (Å²) in [5.74, 6) is -1.83. The molecule has 0 unspecified atom stereocenters. The fourth-order valence-electron chi connectivity index (χ4n) is 3.18. The summed E-state index contributed by atoms with van der Waals surface area (Å²) < 4.78 is 47.3. The lowest BCUT2D eigenvalue weighted by Gasteiger charge is -2.23. The zero-order chi connectivity index (χ0) is 18.4. The molecule has 8 heteroatoms. The second-order valence-electron chi connectivity index (χ2n) is 6.78. The lowest BCUT2D eigenvalue weighted by Crippen LogP contribution is -2.36. The molecule has 138 valence electrons. The summed E-state index contributed by atoms with van der Waals surface area (Å²) in [7, 11) is -2.36. The highest BCUT2D eigenvalue weighted by Crippen LogP contribution is 2.39. The van der Waals surface area contributed by atoms with Gasteiger partial charge in [-0.1, -0.05) is 17.7 Å². The molecule has 2 fully saturated rings. The van der Waals surface area contributed by atoms with Crippen molar-refractivity contribution in [1.29, 1.82) is 0 Å². The third-order valence-corrected chi connectivity index (χ3v) is 6.10. The van der Waals surface area contributed by atoms with Crippen LogP contribution in [-0.2, 0) is 33.6 Å². The van der Waals surface area contributed by atoms with Crippen molar-refractivity contribution >= 4 is 15.8 Å². The van der Waals surface area contributed by atoms with E-state index in [0.29, 0.717) is 0 Å². The first-order chi connectivity index (χ1) is 11.6. The van der Waals surface area contributed by atoms with Crippen LogP contribution in [0.1, 0.15) is 19.4 Å². The maximum Gasteiger partial charge on any atom is 0.337 e. The summed E-state index contributed by atoms with van der Waals surface area (Å²) in [5, 5.41) is 0. The van der Waals surface area contributed by atoms with Gasteiger partial charge in [0.25, 0.3) is 0 Å². The largest absolute Gasteiger partial charge is 0.467 e. The molecule has 0 saturated carbocycles. The Morgan fingerprint density at radius 3 is 2.36 bits per heavy atom. The van der Waals surface area contributed by atoms with Crippen molar-refractivity contribution in [3.05, 3.63) is 29.8 Å². The topological polar surface area (TPSA) is 88.1 Å². The van der Waals surface area contributed by atoms with E-state index in [1.165, 1.54) is 7.11 Å². The normalized spacial score (nSPS) is 30.9. The Balaban J connectivity index is 1.84. The van der Waals surface area contributed by atoms with Crippen molar-refractivity contribution in [3.63, 3.8) is 0 Å². The molecule has 25 heavy (non-hydrogen) atoms. The Labute approximate surface area is 147 Å². The van der Waals surface area contributed by atoms with Gasteiger partial charge in [-0.15, -0.1) is 0 Å². The molecule has 2 aliphatic rings. The lowest BCUT2D eigenvalue weighted by atomic mass is 10.1. The Bertz CT molecular complexity index is 754. The number of hydrogen-bond acceptors (Lipinski definition) is 7. The van der Waals surface area contributed by atoms with Crippen LogP contribution in [-0.4, -0.2) is 57.5 Å². The highest BCUT2D eigenvalue weighted by Gasteiger charge is 2.58. The molecule has 0 spiro atoms. The van der Waals surface area contributed by atoms with E-state index < -0.39 is 46.0 Å². The lowest BCUT2D eigenvalue weighted by molar-refractivity contribution is -0.193. The molecule has 0 radical (unpaired) electrons. The summed E-state index contributed by atoms with van der Waals surface area (Å²) >= 11 is 0. The smallest absolute Gasteiger partial charge is 0.337 e. The maximum atomic E-state index is 12.7. The first-order valence-electron chi connectivity index (χ1n) is 8.01. The second-order valence-corrected chi connectivity index (χ2v) is 8.81. The molecule has 0 amide bonds. The van der Waals surface area contributed by atoms with Crippen LogP contribution in [0.25, 0.3) is 0 Å². The van der Waals surface area contributed by atoms with Crippen LogP contribution in [0.15, 0.2) is 29.2 Å². The molecule has 4 atom stereocenters. The van der Waals surface area contributed by atoms with Crippen molar-refractivity contribution in [2.45, 2.75) is 55.9 Å². The van der Waals surface area contributed by atoms with E-state index in [1.807, 2.05) is 6.92 Å². The zero-order valence-electron chi connectivity index (χ0n) is 14.6. The molecule has 0 aromatic heterocycles. The number of ether oxygens (including phenoxy) is 4. The highest BCUT2D eigenvalue weighted by atomic mass is 32.2. The van der Waals surface area contributed by atoms with Crippen LogP contribution >= 0.6 is 0 Å². The molecular weight excluding hydrogens is 348 g/mol. The van der Waals surface area contributed by atoms with Gasteiger partial charge in [0.05, 0.1) is 17.8 Å². The van der Waals surface area contributed by atoms with Gasteiger partial charge >= 0.3 is 5.97 Å². The van der Waals surface area contributed by atoms with Crippen LogP contribution in [0.2, 0.25) is 0 Å². The Morgan fingerprint density at radius 1 is 1.16 bits per heavy atom. The third kappa shape index (κ3) is 3.57.